The van der Waals surface area contributed by atoms with Crippen LogP contribution in [-0.2, 0) is 15.7 Å². The van der Waals surface area contributed by atoms with Gasteiger partial charge < -0.3 is 9.47 Å². The van der Waals surface area contributed by atoms with Crippen molar-refractivity contribution in [3.8, 4) is 6.07 Å². The van der Waals surface area contributed by atoms with Crippen molar-refractivity contribution in [2.75, 3.05) is 29.6 Å². The zero-order valence-corrected chi connectivity index (χ0v) is 18.6. The van der Waals surface area contributed by atoms with Crippen LogP contribution in [0.25, 0.3) is 0 Å². The topological polar surface area (TPSA) is 82.9 Å². The second-order valence-corrected chi connectivity index (χ2v) is 8.08. The van der Waals surface area contributed by atoms with Gasteiger partial charge in [0.15, 0.2) is 0 Å². The molecule has 2 aromatic rings. The van der Waals surface area contributed by atoms with E-state index in [1.807, 2.05) is 0 Å². The van der Waals surface area contributed by atoms with E-state index in [0.717, 1.165) is 12.1 Å². The first-order valence-electron chi connectivity index (χ1n) is 10.8. The van der Waals surface area contributed by atoms with Crippen molar-refractivity contribution in [1.29, 1.82) is 5.26 Å². The molecule has 0 aromatic heterocycles. The Morgan fingerprint density at radius 1 is 1.18 bits per heavy atom. The Bertz CT molecular complexity index is 1180. The number of esters is 1. The van der Waals surface area contributed by atoms with E-state index in [-0.39, 0.29) is 24.9 Å². The number of hydrogen-bond donors (Lipinski definition) is 0. The molecule has 178 valence electrons. The highest BCUT2D eigenvalue weighted by atomic mass is 19.4. The second kappa shape index (κ2) is 8.99. The van der Waals surface area contributed by atoms with Crippen molar-refractivity contribution in [3.05, 3.63) is 58.7 Å². The average Bonchev–Trinajstić information content (AvgIpc) is 3.09. The highest BCUT2D eigenvalue weighted by molar-refractivity contribution is 6.08. The molecule has 10 heteroatoms. The number of hydrogen-bond acceptors (Lipinski definition) is 5. The Morgan fingerprint density at radius 2 is 1.85 bits per heavy atom. The van der Waals surface area contributed by atoms with Gasteiger partial charge in [0, 0.05) is 18.0 Å². The van der Waals surface area contributed by atoms with Gasteiger partial charge in [0.05, 0.1) is 48.1 Å². The molecule has 0 aliphatic carbocycles. The quantitative estimate of drug-likeness (QED) is 0.603. The third kappa shape index (κ3) is 4.07. The molecule has 2 aromatic carbocycles. The number of aryl methyl sites for hydroxylation is 1. The normalized spacial score (nSPS) is 20.2. The lowest BCUT2D eigenvalue weighted by molar-refractivity contribution is -0.137. The molecule has 0 radical (unpaired) electrons. The first kappa shape index (κ1) is 23.6. The lowest BCUT2D eigenvalue weighted by atomic mass is 10.0. The molecule has 4 rings (SSSR count). The van der Waals surface area contributed by atoms with Gasteiger partial charge in [-0.3, -0.25) is 9.80 Å². The van der Waals surface area contributed by atoms with Crippen molar-refractivity contribution in [1.82, 2.24) is 0 Å². The maximum absolute atomic E-state index is 13.6. The summed E-state index contributed by atoms with van der Waals surface area (Å²) in [4.78, 5) is 28.6. The van der Waals surface area contributed by atoms with Crippen LogP contribution in [0.4, 0.5) is 29.3 Å². The highest BCUT2D eigenvalue weighted by Crippen LogP contribution is 2.40. The molecule has 2 unspecified atom stereocenters. The van der Waals surface area contributed by atoms with Gasteiger partial charge in [-0.2, -0.15) is 18.4 Å². The summed E-state index contributed by atoms with van der Waals surface area (Å²) in [7, 11) is 0. The summed E-state index contributed by atoms with van der Waals surface area (Å²) >= 11 is 0. The van der Waals surface area contributed by atoms with Gasteiger partial charge in [-0.1, -0.05) is 0 Å². The molecule has 2 aliphatic rings. The van der Waals surface area contributed by atoms with Crippen LogP contribution in [0.5, 0.6) is 0 Å². The number of halogens is 3. The maximum Gasteiger partial charge on any atom is 0.417 e. The minimum atomic E-state index is -4.74. The average molecular weight is 473 g/mol. The number of carbonyl (C=O) groups excluding carboxylic acids is 2. The van der Waals surface area contributed by atoms with Crippen LogP contribution in [0.3, 0.4) is 0 Å². The van der Waals surface area contributed by atoms with Gasteiger partial charge in [0.1, 0.15) is 0 Å². The number of alkyl halides is 3. The number of nitriles is 1. The van der Waals surface area contributed by atoms with Crippen LogP contribution in [0.1, 0.15) is 40.4 Å². The van der Waals surface area contributed by atoms with Crippen LogP contribution in [0.2, 0.25) is 0 Å². The largest absolute Gasteiger partial charge is 0.462 e. The van der Waals surface area contributed by atoms with Crippen molar-refractivity contribution < 1.29 is 32.2 Å². The summed E-state index contributed by atoms with van der Waals surface area (Å²) in [5.74, 6) is -0.470. The second-order valence-electron chi connectivity index (χ2n) is 8.08. The summed E-state index contributed by atoms with van der Waals surface area (Å²) < 4.78 is 51.3. The Balaban J connectivity index is 1.75. The Labute approximate surface area is 194 Å². The number of fused-ring (bicyclic) bond motifs is 1. The summed E-state index contributed by atoms with van der Waals surface area (Å²) in [6.07, 6.45) is -4.25. The lowest BCUT2D eigenvalue weighted by Gasteiger charge is -2.32. The molecule has 2 saturated heterocycles. The molecule has 2 aliphatic heterocycles. The van der Waals surface area contributed by atoms with Crippen molar-refractivity contribution >= 4 is 23.4 Å². The molecular weight excluding hydrogens is 451 g/mol. The van der Waals surface area contributed by atoms with E-state index in [4.69, 9.17) is 14.7 Å². The number of rotatable bonds is 4. The third-order valence-corrected chi connectivity index (χ3v) is 6.06. The Morgan fingerprint density at radius 3 is 2.50 bits per heavy atom. The van der Waals surface area contributed by atoms with Crippen molar-refractivity contribution in [2.45, 2.75) is 38.5 Å². The number of ether oxygens (including phenoxy) is 2. The van der Waals surface area contributed by atoms with E-state index in [1.165, 1.54) is 11.0 Å². The lowest BCUT2D eigenvalue weighted by Crippen LogP contribution is -2.45. The molecule has 7 nitrogen and oxygen atoms in total. The van der Waals surface area contributed by atoms with Crippen LogP contribution in [-0.4, -0.2) is 43.9 Å². The van der Waals surface area contributed by atoms with Crippen LogP contribution in [0, 0.1) is 18.3 Å². The molecule has 2 amide bonds. The molecule has 0 bridgehead atoms. The van der Waals surface area contributed by atoms with Gasteiger partial charge >= 0.3 is 18.2 Å². The standard InChI is InChI=1S/C24H22F3N3O4/c1-3-34-22(31)18-7-6-16(10-14(18)2)29-20-8-9-33-13-21(20)30(23(29)32)17-5-4-15(12-28)19(11-17)24(25,26)27/h4-7,10-11,20-21H,3,8-9,13H2,1-2H3. The van der Waals surface area contributed by atoms with E-state index < -0.39 is 35.3 Å². The van der Waals surface area contributed by atoms with Gasteiger partial charge in [-0.15, -0.1) is 0 Å². The van der Waals surface area contributed by atoms with Crippen molar-refractivity contribution in [2.24, 2.45) is 0 Å². The van der Waals surface area contributed by atoms with Crippen LogP contribution < -0.4 is 9.80 Å². The molecule has 0 N–H and O–H groups in total. The first-order valence-corrected chi connectivity index (χ1v) is 10.8. The minimum absolute atomic E-state index is 0.0409. The molecule has 0 saturated carbocycles. The predicted molar refractivity (Wildman–Crippen MR) is 117 cm³/mol. The monoisotopic (exact) mass is 473 g/mol. The first-order chi connectivity index (χ1) is 16.2. The van der Waals surface area contributed by atoms with Gasteiger partial charge in [0.25, 0.3) is 0 Å². The maximum atomic E-state index is 13.6. The SMILES string of the molecule is CCOC(=O)c1ccc(N2C(=O)N(c3ccc(C#N)c(C(F)(F)F)c3)C3COCCC32)cc1C. The van der Waals surface area contributed by atoms with E-state index >= 15 is 0 Å². The highest BCUT2D eigenvalue weighted by Gasteiger charge is 2.49. The smallest absolute Gasteiger partial charge is 0.417 e. The predicted octanol–water partition coefficient (Wildman–Crippen LogP) is 4.67. The van der Waals surface area contributed by atoms with Gasteiger partial charge in [0.2, 0.25) is 0 Å². The number of anilines is 2. The Kier molecular flexibility index (Phi) is 6.23. The number of benzene rings is 2. The fourth-order valence-electron chi connectivity index (χ4n) is 4.51. The number of nitrogens with zero attached hydrogens (tertiary/aromatic N) is 3. The fourth-order valence-corrected chi connectivity index (χ4v) is 4.51. The summed E-state index contributed by atoms with van der Waals surface area (Å²) in [6.45, 7) is 4.23. The van der Waals surface area contributed by atoms with E-state index in [0.29, 0.717) is 29.8 Å². The van der Waals surface area contributed by atoms with Gasteiger partial charge in [-0.05, 0) is 62.2 Å². The summed E-state index contributed by atoms with van der Waals surface area (Å²) in [6, 6.07) is 8.37. The third-order valence-electron chi connectivity index (χ3n) is 6.06. The summed E-state index contributed by atoms with van der Waals surface area (Å²) in [5, 5.41) is 9.10. The number of amides is 2. The zero-order valence-electron chi connectivity index (χ0n) is 18.6. The molecule has 2 fully saturated rings. The van der Waals surface area contributed by atoms with Crippen molar-refractivity contribution in [3.63, 3.8) is 0 Å². The fraction of sp³-hybridized carbons (Fsp3) is 0.375. The van der Waals surface area contributed by atoms with Crippen LogP contribution in [0.15, 0.2) is 36.4 Å². The molecule has 2 atom stereocenters. The molecular formula is C24H22F3N3O4. The van der Waals surface area contributed by atoms with Gasteiger partial charge in [-0.25, -0.2) is 9.59 Å². The minimum Gasteiger partial charge on any atom is -0.462 e. The molecule has 2 heterocycles. The zero-order chi connectivity index (χ0) is 24.6. The summed E-state index contributed by atoms with van der Waals surface area (Å²) in [5.41, 5.74) is -0.0510. The number of urea groups is 1. The van der Waals surface area contributed by atoms with E-state index in [1.54, 1.807) is 43.0 Å². The van der Waals surface area contributed by atoms with E-state index in [9.17, 15) is 22.8 Å². The van der Waals surface area contributed by atoms with E-state index in [2.05, 4.69) is 0 Å². The number of carbonyl (C=O) groups is 2. The molecule has 0 spiro atoms. The molecule has 34 heavy (non-hydrogen) atoms. The van der Waals surface area contributed by atoms with Crippen LogP contribution >= 0.6 is 0 Å². The Hall–Kier alpha value is -3.58.